The Morgan fingerprint density at radius 3 is 2.55 bits per heavy atom. The fourth-order valence-corrected chi connectivity index (χ4v) is 4.60. The summed E-state index contributed by atoms with van der Waals surface area (Å²) < 4.78 is 20.3. The first-order chi connectivity index (χ1) is 15.9. The van der Waals surface area contributed by atoms with E-state index in [4.69, 9.17) is 14.2 Å². The Morgan fingerprint density at radius 2 is 1.82 bits per heavy atom. The molecule has 0 aliphatic carbocycles. The maximum Gasteiger partial charge on any atom is 0.363 e. The molecule has 168 valence electrons. The molecule has 4 rings (SSSR count). The van der Waals surface area contributed by atoms with Gasteiger partial charge in [-0.2, -0.15) is 0 Å². The number of aliphatic imine (C=N–C) groups is 1. The molecule has 1 aliphatic rings. The maximum absolute atomic E-state index is 12.4. The summed E-state index contributed by atoms with van der Waals surface area (Å²) in [6, 6.07) is 19.4. The van der Waals surface area contributed by atoms with E-state index in [1.165, 1.54) is 0 Å². The second-order valence-electron chi connectivity index (χ2n) is 6.99. The van der Waals surface area contributed by atoms with Crippen molar-refractivity contribution in [3.63, 3.8) is 0 Å². The zero-order valence-electron chi connectivity index (χ0n) is 17.5. The summed E-state index contributed by atoms with van der Waals surface area (Å²) >= 11 is 8.11. The van der Waals surface area contributed by atoms with Crippen LogP contribution in [0.2, 0.25) is 0 Å². The number of carbonyl (C=O) groups excluding carboxylic acids is 1. The molecule has 0 unspecified atom stereocenters. The number of esters is 1. The highest BCUT2D eigenvalue weighted by molar-refractivity contribution is 14.1. The van der Waals surface area contributed by atoms with Crippen LogP contribution in [0.4, 0.5) is 0 Å². The van der Waals surface area contributed by atoms with Crippen molar-refractivity contribution >= 4 is 79.1 Å². The zero-order chi connectivity index (χ0) is 23.4. The first-order valence-corrected chi connectivity index (χ1v) is 13.0. The lowest BCUT2D eigenvalue weighted by atomic mass is 10.1. The number of rotatable bonds is 7. The number of cyclic esters (lactones) is 1. The van der Waals surface area contributed by atoms with Crippen molar-refractivity contribution in [2.45, 2.75) is 13.5 Å². The van der Waals surface area contributed by atoms with Crippen LogP contribution < -0.4 is 9.47 Å². The fraction of sp³-hybridized carbons (Fsp3) is 0.120. The maximum atomic E-state index is 12.4. The van der Waals surface area contributed by atoms with E-state index in [0.717, 1.165) is 28.3 Å². The van der Waals surface area contributed by atoms with E-state index in [1.807, 2.05) is 67.6 Å². The van der Waals surface area contributed by atoms with Crippen LogP contribution in [-0.2, 0) is 16.1 Å². The Bertz CT molecular complexity index is 1260. The van der Waals surface area contributed by atoms with Gasteiger partial charge in [0.1, 0.15) is 6.61 Å². The number of hydrogen-bond donors (Lipinski definition) is 0. The Labute approximate surface area is 227 Å². The molecule has 5 nitrogen and oxygen atoms in total. The van der Waals surface area contributed by atoms with Gasteiger partial charge in [0.2, 0.25) is 5.90 Å². The lowest BCUT2D eigenvalue weighted by Gasteiger charge is -2.15. The van der Waals surface area contributed by atoms with Gasteiger partial charge in [-0.05, 0) is 122 Å². The smallest absolute Gasteiger partial charge is 0.363 e. The van der Waals surface area contributed by atoms with E-state index in [0.29, 0.717) is 30.6 Å². The highest BCUT2D eigenvalue weighted by Crippen LogP contribution is 2.38. The number of carbonyl (C=O) groups is 1. The molecule has 0 radical (unpaired) electrons. The topological polar surface area (TPSA) is 57.1 Å². The molecule has 8 heteroatoms. The predicted octanol–water partition coefficient (Wildman–Crippen LogP) is 6.98. The minimum Gasteiger partial charge on any atom is -0.490 e. The molecule has 0 spiro atoms. The van der Waals surface area contributed by atoms with Crippen LogP contribution in [0.1, 0.15) is 23.6 Å². The third kappa shape index (κ3) is 5.96. The van der Waals surface area contributed by atoms with Crippen molar-refractivity contribution < 1.29 is 19.0 Å². The average Bonchev–Trinajstić information content (AvgIpc) is 3.15. The van der Waals surface area contributed by atoms with E-state index in [1.54, 1.807) is 6.08 Å². The van der Waals surface area contributed by atoms with Gasteiger partial charge < -0.3 is 14.2 Å². The molecule has 0 fully saturated rings. The predicted molar refractivity (Wildman–Crippen MR) is 149 cm³/mol. The third-order valence-corrected chi connectivity index (χ3v) is 7.04. The van der Waals surface area contributed by atoms with Crippen LogP contribution in [0.3, 0.4) is 0 Å². The molecular weight excluding hydrogens is 712 g/mol. The molecule has 3 aromatic rings. The van der Waals surface area contributed by atoms with Crippen molar-refractivity contribution in [1.29, 1.82) is 0 Å². The number of benzene rings is 3. The zero-order valence-corrected chi connectivity index (χ0v) is 23.4. The van der Waals surface area contributed by atoms with E-state index >= 15 is 0 Å². The van der Waals surface area contributed by atoms with Gasteiger partial charge in [0, 0.05) is 18.3 Å². The summed E-state index contributed by atoms with van der Waals surface area (Å²) in [5.41, 5.74) is 2.81. The Balaban J connectivity index is 1.61. The lowest BCUT2D eigenvalue weighted by molar-refractivity contribution is -0.129. The molecule has 0 atom stereocenters. The van der Waals surface area contributed by atoms with Crippen LogP contribution in [0.5, 0.6) is 11.5 Å². The summed E-state index contributed by atoms with van der Waals surface area (Å²) in [6.45, 7) is 2.80. The Hall–Kier alpha value is -1.92. The second kappa shape index (κ2) is 11.0. The number of hydrogen-bond acceptors (Lipinski definition) is 5. The van der Waals surface area contributed by atoms with Crippen LogP contribution in [0, 0.1) is 7.14 Å². The van der Waals surface area contributed by atoms with Crippen LogP contribution in [0.25, 0.3) is 6.08 Å². The monoisotopic (exact) mass is 729 g/mol. The minimum atomic E-state index is -0.489. The average molecular weight is 730 g/mol. The molecule has 3 aromatic carbocycles. The van der Waals surface area contributed by atoms with E-state index < -0.39 is 5.97 Å². The molecule has 0 aromatic heterocycles. The summed E-state index contributed by atoms with van der Waals surface area (Å²) in [5.74, 6) is 0.995. The van der Waals surface area contributed by atoms with Gasteiger partial charge in [-0.25, -0.2) is 9.79 Å². The number of halogens is 3. The Kier molecular flexibility index (Phi) is 8.07. The normalized spacial score (nSPS) is 14.2. The largest absolute Gasteiger partial charge is 0.490 e. The van der Waals surface area contributed by atoms with Crippen LogP contribution >= 0.6 is 61.1 Å². The molecule has 33 heavy (non-hydrogen) atoms. The second-order valence-corrected chi connectivity index (χ2v) is 10.2. The van der Waals surface area contributed by atoms with Gasteiger partial charge in [0.15, 0.2) is 17.2 Å². The summed E-state index contributed by atoms with van der Waals surface area (Å²) in [7, 11) is 0. The van der Waals surface area contributed by atoms with Gasteiger partial charge in [-0.3, -0.25) is 0 Å². The summed E-state index contributed by atoms with van der Waals surface area (Å²) in [6.07, 6.45) is 1.68. The first-order valence-electron chi connectivity index (χ1n) is 10.1. The van der Waals surface area contributed by atoms with Crippen molar-refractivity contribution in [2.24, 2.45) is 4.99 Å². The van der Waals surface area contributed by atoms with Gasteiger partial charge in [0.25, 0.3) is 0 Å². The SMILES string of the molecule is CCOc1cc(/C=C2\N=C(c3ccc(I)cc3)OC2=O)cc(Br)c1OCc1ccccc1I. The lowest BCUT2D eigenvalue weighted by Crippen LogP contribution is -2.05. The molecule has 1 aliphatic heterocycles. The standard InChI is InChI=1S/C25H18BrI2NO4/c1-2-31-22-13-15(11-19(26)23(22)32-14-17-5-3-4-6-20(17)28)12-21-25(30)33-24(29-21)16-7-9-18(27)10-8-16/h3-13H,2,14H2,1H3/b21-12-. The third-order valence-electron chi connectivity index (χ3n) is 4.68. The van der Waals surface area contributed by atoms with E-state index in [2.05, 4.69) is 66.1 Å². The number of nitrogens with zero attached hydrogens (tertiary/aromatic N) is 1. The van der Waals surface area contributed by atoms with Crippen LogP contribution in [0.15, 0.2) is 75.8 Å². The minimum absolute atomic E-state index is 0.227. The van der Waals surface area contributed by atoms with Gasteiger partial charge in [0.05, 0.1) is 11.1 Å². The molecule has 0 saturated heterocycles. The first kappa shape index (κ1) is 24.2. The van der Waals surface area contributed by atoms with Crippen LogP contribution in [-0.4, -0.2) is 18.5 Å². The van der Waals surface area contributed by atoms with Gasteiger partial charge in [-0.15, -0.1) is 0 Å². The van der Waals surface area contributed by atoms with Crippen molar-refractivity contribution in [3.05, 3.63) is 94.7 Å². The number of ether oxygens (including phenoxy) is 3. The highest BCUT2D eigenvalue weighted by Gasteiger charge is 2.24. The molecular formula is C25H18BrI2NO4. The summed E-state index contributed by atoms with van der Waals surface area (Å²) in [5, 5.41) is 0. The molecule has 0 saturated carbocycles. The summed E-state index contributed by atoms with van der Waals surface area (Å²) in [4.78, 5) is 16.8. The fourth-order valence-electron chi connectivity index (χ4n) is 3.12. The quantitative estimate of drug-likeness (QED) is 0.150. The van der Waals surface area contributed by atoms with E-state index in [-0.39, 0.29) is 5.70 Å². The van der Waals surface area contributed by atoms with Crippen molar-refractivity contribution in [1.82, 2.24) is 0 Å². The van der Waals surface area contributed by atoms with Gasteiger partial charge in [-0.1, -0.05) is 18.2 Å². The van der Waals surface area contributed by atoms with E-state index in [9.17, 15) is 4.79 Å². The molecule has 0 bridgehead atoms. The highest BCUT2D eigenvalue weighted by atomic mass is 127. The van der Waals surface area contributed by atoms with Crippen molar-refractivity contribution in [2.75, 3.05) is 6.61 Å². The molecule has 1 heterocycles. The molecule has 0 N–H and O–H groups in total. The molecule has 0 amide bonds. The Morgan fingerprint density at radius 1 is 1.06 bits per heavy atom. The van der Waals surface area contributed by atoms with Crippen molar-refractivity contribution in [3.8, 4) is 11.5 Å². The van der Waals surface area contributed by atoms with Gasteiger partial charge >= 0.3 is 5.97 Å².